The van der Waals surface area contributed by atoms with Crippen LogP contribution in [-0.2, 0) is 24.4 Å². The lowest BCUT2D eigenvalue weighted by Gasteiger charge is -2.29. The first kappa shape index (κ1) is 23.8. The minimum Gasteiger partial charge on any atom is -0.378 e. The normalized spacial score (nSPS) is 14.3. The summed E-state index contributed by atoms with van der Waals surface area (Å²) in [5, 5.41) is 0. The van der Waals surface area contributed by atoms with Gasteiger partial charge < -0.3 is 14.2 Å². The fraction of sp³-hybridized carbons (Fsp3) is 0.308. The van der Waals surface area contributed by atoms with E-state index in [9.17, 15) is 22.8 Å². The fourth-order valence-electron chi connectivity index (χ4n) is 4.12. The number of halogens is 3. The van der Waals surface area contributed by atoms with E-state index in [2.05, 4.69) is 0 Å². The number of pyridine rings is 1. The highest BCUT2D eigenvalue weighted by Crippen LogP contribution is 2.30. The largest absolute Gasteiger partial charge is 0.416 e. The molecule has 34 heavy (non-hydrogen) atoms. The van der Waals surface area contributed by atoms with Crippen molar-refractivity contribution in [1.29, 1.82) is 0 Å². The number of benzene rings is 2. The molecule has 0 radical (unpaired) electrons. The van der Waals surface area contributed by atoms with Gasteiger partial charge in [-0.25, -0.2) is 0 Å². The minimum atomic E-state index is -4.46. The van der Waals surface area contributed by atoms with Gasteiger partial charge in [0.2, 0.25) is 0 Å². The molecule has 2 heterocycles. The molecular formula is C26H25F3N2O3. The molecule has 0 aliphatic carbocycles. The van der Waals surface area contributed by atoms with E-state index < -0.39 is 11.7 Å². The van der Waals surface area contributed by atoms with Gasteiger partial charge in [-0.2, -0.15) is 13.2 Å². The van der Waals surface area contributed by atoms with Crippen molar-refractivity contribution in [3.63, 3.8) is 0 Å². The van der Waals surface area contributed by atoms with Crippen molar-refractivity contribution in [1.82, 2.24) is 4.57 Å². The highest BCUT2D eigenvalue weighted by molar-refractivity contribution is 5.98. The number of morpholine rings is 1. The number of ketones is 1. The third kappa shape index (κ3) is 5.07. The molecule has 1 saturated heterocycles. The Bertz CT molecular complexity index is 1280. The van der Waals surface area contributed by atoms with E-state index in [1.807, 2.05) is 24.0 Å². The third-order valence-electron chi connectivity index (χ3n) is 6.01. The summed E-state index contributed by atoms with van der Waals surface area (Å²) in [5.41, 5.74) is 2.89. The molecule has 3 aromatic rings. The van der Waals surface area contributed by atoms with Gasteiger partial charge in [-0.15, -0.1) is 0 Å². The summed E-state index contributed by atoms with van der Waals surface area (Å²) in [4.78, 5) is 27.7. The SMILES string of the molecule is Cc1ccc(C(=O)Cc2cccc(C(F)(F)F)c2)cc1-c1cc(N2CCOCC2)c(=O)n(C)c1. The molecule has 1 aromatic heterocycles. The fourth-order valence-corrected chi connectivity index (χ4v) is 4.12. The summed E-state index contributed by atoms with van der Waals surface area (Å²) in [6.07, 6.45) is -2.87. The van der Waals surface area contributed by atoms with Crippen LogP contribution in [0.1, 0.15) is 27.0 Å². The summed E-state index contributed by atoms with van der Waals surface area (Å²) in [5.74, 6) is -0.279. The number of Topliss-reactive ketones (excluding diaryl/α,β-unsaturated/α-hetero) is 1. The predicted octanol–water partition coefficient (Wildman–Crippen LogP) is 4.64. The van der Waals surface area contributed by atoms with Gasteiger partial charge in [-0.05, 0) is 41.8 Å². The van der Waals surface area contributed by atoms with Crippen LogP contribution in [0.5, 0.6) is 0 Å². The minimum absolute atomic E-state index is 0.111. The van der Waals surface area contributed by atoms with E-state index in [4.69, 9.17) is 4.74 Å². The first-order valence-corrected chi connectivity index (χ1v) is 11.0. The van der Waals surface area contributed by atoms with Crippen molar-refractivity contribution < 1.29 is 22.7 Å². The Morgan fingerprint density at radius 1 is 1.06 bits per heavy atom. The van der Waals surface area contributed by atoms with Gasteiger partial charge >= 0.3 is 6.18 Å². The van der Waals surface area contributed by atoms with Crippen LogP contribution in [0.2, 0.25) is 0 Å². The van der Waals surface area contributed by atoms with E-state index in [-0.39, 0.29) is 17.8 Å². The number of nitrogens with zero attached hydrogens (tertiary/aromatic N) is 2. The molecule has 0 bridgehead atoms. The lowest BCUT2D eigenvalue weighted by atomic mass is 9.95. The smallest absolute Gasteiger partial charge is 0.378 e. The molecular weight excluding hydrogens is 445 g/mol. The second-order valence-corrected chi connectivity index (χ2v) is 8.46. The average Bonchev–Trinajstić information content (AvgIpc) is 2.81. The van der Waals surface area contributed by atoms with E-state index >= 15 is 0 Å². The number of aryl methyl sites for hydroxylation is 2. The molecule has 0 spiro atoms. The third-order valence-corrected chi connectivity index (χ3v) is 6.01. The molecule has 0 amide bonds. The first-order valence-electron chi connectivity index (χ1n) is 11.0. The molecule has 5 nitrogen and oxygen atoms in total. The topological polar surface area (TPSA) is 51.5 Å². The zero-order chi connectivity index (χ0) is 24.5. The number of carbonyl (C=O) groups excluding carboxylic acids is 1. The van der Waals surface area contributed by atoms with Crippen LogP contribution in [0.3, 0.4) is 0 Å². The number of rotatable bonds is 5. The lowest BCUT2D eigenvalue weighted by Crippen LogP contribution is -2.40. The van der Waals surface area contributed by atoms with Gasteiger partial charge in [-0.3, -0.25) is 9.59 Å². The van der Waals surface area contributed by atoms with Crippen molar-refractivity contribution in [2.24, 2.45) is 7.05 Å². The molecule has 0 unspecified atom stereocenters. The highest BCUT2D eigenvalue weighted by Gasteiger charge is 2.30. The van der Waals surface area contributed by atoms with Gasteiger partial charge in [0.1, 0.15) is 5.69 Å². The summed E-state index contributed by atoms with van der Waals surface area (Å²) in [6.45, 7) is 4.24. The summed E-state index contributed by atoms with van der Waals surface area (Å²) >= 11 is 0. The molecule has 0 atom stereocenters. The van der Waals surface area contributed by atoms with Crippen LogP contribution in [0.4, 0.5) is 18.9 Å². The molecule has 4 rings (SSSR count). The zero-order valence-corrected chi connectivity index (χ0v) is 19.0. The molecule has 2 aromatic carbocycles. The summed E-state index contributed by atoms with van der Waals surface area (Å²) in [7, 11) is 1.69. The monoisotopic (exact) mass is 470 g/mol. The van der Waals surface area contributed by atoms with Crippen molar-refractivity contribution in [2.45, 2.75) is 19.5 Å². The molecule has 0 N–H and O–H groups in total. The van der Waals surface area contributed by atoms with Gasteiger partial charge in [0.05, 0.1) is 18.8 Å². The van der Waals surface area contributed by atoms with Crippen molar-refractivity contribution >= 4 is 11.5 Å². The Kier molecular flexibility index (Phi) is 6.61. The van der Waals surface area contributed by atoms with E-state index in [1.54, 1.807) is 25.4 Å². The molecule has 1 fully saturated rings. The molecule has 8 heteroatoms. The lowest BCUT2D eigenvalue weighted by molar-refractivity contribution is -0.137. The molecule has 178 valence electrons. The second-order valence-electron chi connectivity index (χ2n) is 8.46. The van der Waals surface area contributed by atoms with Crippen molar-refractivity contribution in [2.75, 3.05) is 31.2 Å². The Balaban J connectivity index is 1.66. The number of alkyl halides is 3. The number of ether oxygens (including phenoxy) is 1. The van der Waals surface area contributed by atoms with Crippen molar-refractivity contribution in [3.05, 3.63) is 87.3 Å². The van der Waals surface area contributed by atoms with Gasteiger partial charge in [-0.1, -0.05) is 30.3 Å². The van der Waals surface area contributed by atoms with E-state index in [0.717, 1.165) is 28.8 Å². The van der Waals surface area contributed by atoms with Crippen LogP contribution in [0.25, 0.3) is 11.1 Å². The van der Waals surface area contributed by atoms with E-state index in [1.165, 1.54) is 16.7 Å². The Hall–Kier alpha value is -3.39. The van der Waals surface area contributed by atoms with E-state index in [0.29, 0.717) is 43.1 Å². The predicted molar refractivity (Wildman–Crippen MR) is 124 cm³/mol. The first-order chi connectivity index (χ1) is 16.1. The average molecular weight is 470 g/mol. The van der Waals surface area contributed by atoms with Gasteiger partial charge in [0.25, 0.3) is 5.56 Å². The molecule has 1 aliphatic rings. The maximum atomic E-state index is 13.0. The number of hydrogen-bond acceptors (Lipinski definition) is 4. The van der Waals surface area contributed by atoms with Crippen LogP contribution in [0, 0.1) is 6.92 Å². The Morgan fingerprint density at radius 3 is 2.50 bits per heavy atom. The highest BCUT2D eigenvalue weighted by atomic mass is 19.4. The van der Waals surface area contributed by atoms with Crippen LogP contribution >= 0.6 is 0 Å². The van der Waals surface area contributed by atoms with Crippen molar-refractivity contribution in [3.8, 4) is 11.1 Å². The maximum absolute atomic E-state index is 13.0. The number of anilines is 1. The Labute approximate surface area is 195 Å². The second kappa shape index (κ2) is 9.46. The van der Waals surface area contributed by atoms with Gasteiger partial charge in [0, 0.05) is 43.9 Å². The van der Waals surface area contributed by atoms with Crippen LogP contribution < -0.4 is 10.5 Å². The van der Waals surface area contributed by atoms with Gasteiger partial charge in [0.15, 0.2) is 5.78 Å². The number of hydrogen-bond donors (Lipinski definition) is 0. The standard InChI is InChI=1S/C26H25F3N2O3/c1-17-6-7-19(24(32)13-18-4-3-5-21(12-18)26(27,28)29)14-22(17)20-15-23(25(33)30(2)16-20)31-8-10-34-11-9-31/h3-7,12,14-16H,8-11,13H2,1-2H3. The molecule has 0 saturated carbocycles. The quantitative estimate of drug-likeness (QED) is 0.510. The Morgan fingerprint density at radius 2 is 1.79 bits per heavy atom. The molecule has 1 aliphatic heterocycles. The maximum Gasteiger partial charge on any atom is 0.416 e. The number of aromatic nitrogens is 1. The van der Waals surface area contributed by atoms with Crippen LogP contribution in [0.15, 0.2) is 59.5 Å². The summed E-state index contributed by atoms with van der Waals surface area (Å²) in [6, 6.07) is 11.9. The summed E-state index contributed by atoms with van der Waals surface area (Å²) < 4.78 is 46.0. The number of carbonyl (C=O) groups is 1. The zero-order valence-electron chi connectivity index (χ0n) is 19.0. The van der Waals surface area contributed by atoms with Crippen LogP contribution in [-0.4, -0.2) is 36.7 Å².